The van der Waals surface area contributed by atoms with Gasteiger partial charge in [0.25, 0.3) is 5.56 Å². The smallest absolute Gasteiger partial charge is 0.262 e. The summed E-state index contributed by atoms with van der Waals surface area (Å²) >= 11 is 1.68. The summed E-state index contributed by atoms with van der Waals surface area (Å²) in [5, 5.41) is 4.54. The molecule has 1 N–H and O–H groups in total. The first-order valence-electron chi connectivity index (χ1n) is 12.2. The van der Waals surface area contributed by atoms with E-state index in [4.69, 9.17) is 14.5 Å². The minimum Gasteiger partial charge on any atom is -0.497 e. The van der Waals surface area contributed by atoms with Crippen LogP contribution in [0.25, 0.3) is 10.2 Å². The molecule has 7 heteroatoms. The number of ether oxygens (including phenoxy) is 2. The van der Waals surface area contributed by atoms with Crippen LogP contribution in [-0.2, 0) is 32.2 Å². The highest BCUT2D eigenvalue weighted by atomic mass is 32.1. The molecular formula is C28H29N3O3S. The summed E-state index contributed by atoms with van der Waals surface area (Å²) in [6.45, 7) is 0.728. The maximum atomic E-state index is 13.6. The summed E-state index contributed by atoms with van der Waals surface area (Å²) in [7, 11) is 3.35. The van der Waals surface area contributed by atoms with Gasteiger partial charge in [0.05, 0.1) is 25.9 Å². The van der Waals surface area contributed by atoms with Gasteiger partial charge in [-0.05, 0) is 54.9 Å². The molecule has 0 bridgehead atoms. The fraction of sp³-hybridized carbons (Fsp3) is 0.357. The summed E-state index contributed by atoms with van der Waals surface area (Å²) in [6.07, 6.45) is 6.39. The van der Waals surface area contributed by atoms with Crippen LogP contribution in [0.5, 0.6) is 11.5 Å². The Balaban J connectivity index is 1.21. The van der Waals surface area contributed by atoms with Crippen LogP contribution in [0.15, 0.2) is 53.6 Å². The summed E-state index contributed by atoms with van der Waals surface area (Å²) in [5.74, 6) is 1.62. The van der Waals surface area contributed by atoms with Crippen molar-refractivity contribution in [1.82, 2.24) is 14.9 Å². The molecule has 2 heterocycles. The van der Waals surface area contributed by atoms with Crippen molar-refractivity contribution in [2.24, 2.45) is 0 Å². The number of thiophene rings is 1. The molecule has 0 fully saturated rings. The topological polar surface area (TPSA) is 65.4 Å². The Morgan fingerprint density at radius 2 is 1.89 bits per heavy atom. The molecule has 1 atom stereocenters. The monoisotopic (exact) mass is 487 g/mol. The van der Waals surface area contributed by atoms with Crippen molar-refractivity contribution in [3.05, 3.63) is 86.3 Å². The van der Waals surface area contributed by atoms with E-state index in [0.717, 1.165) is 65.9 Å². The molecule has 0 aliphatic heterocycles. The third-order valence-corrected chi connectivity index (χ3v) is 8.66. The first kappa shape index (κ1) is 22.3. The number of hydrogen-bond acceptors (Lipinski definition) is 6. The lowest BCUT2D eigenvalue weighted by Crippen LogP contribution is -2.34. The van der Waals surface area contributed by atoms with E-state index in [1.165, 1.54) is 21.6 Å². The fourth-order valence-electron chi connectivity index (χ4n) is 5.60. The van der Waals surface area contributed by atoms with Crippen LogP contribution in [0.3, 0.4) is 0 Å². The van der Waals surface area contributed by atoms with Crippen LogP contribution >= 0.6 is 11.3 Å². The van der Waals surface area contributed by atoms with Gasteiger partial charge in [0.15, 0.2) is 0 Å². The number of nitrogens with one attached hydrogen (secondary N) is 1. The van der Waals surface area contributed by atoms with Gasteiger partial charge in [0.1, 0.15) is 16.3 Å². The van der Waals surface area contributed by atoms with Crippen molar-refractivity contribution in [2.45, 2.75) is 50.7 Å². The molecule has 1 unspecified atom stereocenters. The second kappa shape index (κ2) is 9.13. The number of hydrogen-bond donors (Lipinski definition) is 1. The summed E-state index contributed by atoms with van der Waals surface area (Å²) in [5.41, 5.74) is 5.14. The van der Waals surface area contributed by atoms with E-state index < -0.39 is 0 Å². The van der Waals surface area contributed by atoms with Gasteiger partial charge in [0.2, 0.25) is 0 Å². The Labute approximate surface area is 208 Å². The maximum Gasteiger partial charge on any atom is 0.262 e. The molecule has 6 rings (SSSR count). The van der Waals surface area contributed by atoms with Gasteiger partial charge in [-0.3, -0.25) is 9.36 Å². The van der Waals surface area contributed by atoms with Crippen LogP contribution in [-0.4, -0.2) is 29.8 Å². The molecule has 0 saturated carbocycles. The van der Waals surface area contributed by atoms with Crippen LogP contribution in [0.2, 0.25) is 0 Å². The quantitative estimate of drug-likeness (QED) is 0.435. The Kier molecular flexibility index (Phi) is 5.82. The highest BCUT2D eigenvalue weighted by Gasteiger charge is 2.28. The molecule has 0 spiro atoms. The van der Waals surface area contributed by atoms with Gasteiger partial charge < -0.3 is 14.8 Å². The predicted molar refractivity (Wildman–Crippen MR) is 139 cm³/mol. The zero-order valence-electron chi connectivity index (χ0n) is 20.0. The van der Waals surface area contributed by atoms with E-state index >= 15 is 0 Å². The van der Waals surface area contributed by atoms with Gasteiger partial charge in [-0.1, -0.05) is 30.3 Å². The van der Waals surface area contributed by atoms with E-state index in [1.54, 1.807) is 31.9 Å². The summed E-state index contributed by atoms with van der Waals surface area (Å²) in [6, 6.07) is 14.9. The van der Waals surface area contributed by atoms with Crippen LogP contribution < -0.4 is 20.3 Å². The molecule has 4 aromatic rings. The average Bonchev–Trinajstić information content (AvgIpc) is 3.48. The molecule has 0 saturated heterocycles. The summed E-state index contributed by atoms with van der Waals surface area (Å²) < 4.78 is 12.7. The number of methoxy groups -OCH3 is 2. The first-order valence-corrected chi connectivity index (χ1v) is 13.0. The standard InChI is InChI=1S/C28H29N3O3S/c1-33-22-9-7-19(24(14-22)34-2)15-29-20-8-10-23-25(13-20)35-27-26(23)28(32)31(16-30-27)21-11-17-5-3-4-6-18(17)12-21/h3-7,9,14,16,20-21,29H,8,10-13,15H2,1-2H3. The fourth-order valence-corrected chi connectivity index (χ4v) is 6.86. The Morgan fingerprint density at radius 3 is 2.63 bits per heavy atom. The SMILES string of the molecule is COc1ccc(CNC2CCc3c(sc4ncn(C5Cc6ccccc6C5)c(=O)c34)C2)c(OC)c1. The van der Waals surface area contributed by atoms with Gasteiger partial charge in [0, 0.05) is 35.1 Å². The van der Waals surface area contributed by atoms with E-state index in [9.17, 15) is 4.79 Å². The molecule has 6 nitrogen and oxygen atoms in total. The van der Waals surface area contributed by atoms with Crippen molar-refractivity contribution in [2.75, 3.05) is 14.2 Å². The molecule has 0 amide bonds. The number of rotatable bonds is 6. The highest BCUT2D eigenvalue weighted by Crippen LogP contribution is 2.35. The second-order valence-electron chi connectivity index (χ2n) is 9.47. The Hall–Kier alpha value is -3.16. The third kappa shape index (κ3) is 4.02. The van der Waals surface area contributed by atoms with Crippen LogP contribution in [0.1, 0.15) is 39.6 Å². The Bertz CT molecular complexity index is 1430. The van der Waals surface area contributed by atoms with E-state index in [0.29, 0.717) is 6.04 Å². The van der Waals surface area contributed by atoms with Crippen LogP contribution in [0, 0.1) is 0 Å². The maximum absolute atomic E-state index is 13.6. The highest BCUT2D eigenvalue weighted by molar-refractivity contribution is 7.18. The average molecular weight is 488 g/mol. The van der Waals surface area contributed by atoms with E-state index in [-0.39, 0.29) is 11.6 Å². The largest absolute Gasteiger partial charge is 0.497 e. The molecule has 2 aromatic heterocycles. The predicted octanol–water partition coefficient (Wildman–Crippen LogP) is 4.46. The number of benzene rings is 2. The third-order valence-electron chi connectivity index (χ3n) is 7.49. The number of aryl methyl sites for hydroxylation is 1. The lowest BCUT2D eigenvalue weighted by Gasteiger charge is -2.24. The van der Waals surface area contributed by atoms with Gasteiger partial charge in [-0.2, -0.15) is 0 Å². The summed E-state index contributed by atoms with van der Waals surface area (Å²) in [4.78, 5) is 20.5. The number of nitrogens with zero attached hydrogens (tertiary/aromatic N) is 2. The van der Waals surface area contributed by atoms with Crippen molar-refractivity contribution < 1.29 is 9.47 Å². The molecule has 2 aliphatic carbocycles. The first-order chi connectivity index (χ1) is 17.1. The second-order valence-corrected chi connectivity index (χ2v) is 10.6. The number of fused-ring (bicyclic) bond motifs is 4. The lowest BCUT2D eigenvalue weighted by molar-refractivity contribution is 0.386. The van der Waals surface area contributed by atoms with Gasteiger partial charge in [-0.25, -0.2) is 4.98 Å². The van der Waals surface area contributed by atoms with Crippen molar-refractivity contribution in [3.63, 3.8) is 0 Å². The minimum atomic E-state index is 0.125. The van der Waals surface area contributed by atoms with E-state index in [2.05, 4.69) is 29.6 Å². The van der Waals surface area contributed by atoms with E-state index in [1.807, 2.05) is 22.8 Å². The zero-order valence-corrected chi connectivity index (χ0v) is 20.9. The lowest BCUT2D eigenvalue weighted by atomic mass is 9.93. The van der Waals surface area contributed by atoms with Gasteiger partial charge in [-0.15, -0.1) is 11.3 Å². The van der Waals surface area contributed by atoms with Gasteiger partial charge >= 0.3 is 0 Å². The van der Waals surface area contributed by atoms with Crippen LogP contribution in [0.4, 0.5) is 0 Å². The minimum absolute atomic E-state index is 0.125. The van der Waals surface area contributed by atoms with Crippen molar-refractivity contribution in [3.8, 4) is 11.5 Å². The normalized spacial score (nSPS) is 17.4. The van der Waals surface area contributed by atoms with Crippen molar-refractivity contribution in [1.29, 1.82) is 0 Å². The zero-order chi connectivity index (χ0) is 23.9. The molecule has 2 aromatic carbocycles. The molecule has 0 radical (unpaired) electrons. The molecular weight excluding hydrogens is 458 g/mol. The number of aromatic nitrogens is 2. The molecule has 2 aliphatic rings. The molecule has 180 valence electrons. The Morgan fingerprint density at radius 1 is 1.09 bits per heavy atom. The molecule has 35 heavy (non-hydrogen) atoms. The van der Waals surface area contributed by atoms with Crippen molar-refractivity contribution >= 4 is 21.6 Å².